The molecule has 1 aliphatic heterocycles. The van der Waals surface area contributed by atoms with E-state index in [0.717, 1.165) is 38.8 Å². The molecule has 0 bridgehead atoms. The standard InChI is InChI=1S/C16H32N2O2/c1-13(11-17-12-16-5-4-9-20-16)18(8-10-19-3)14(2)15-6-7-15/h13-17H,4-12H2,1-3H3. The summed E-state index contributed by atoms with van der Waals surface area (Å²) in [6.45, 7) is 9.56. The van der Waals surface area contributed by atoms with Crippen LogP contribution in [-0.4, -0.2) is 63.0 Å². The molecule has 4 heteroatoms. The predicted octanol–water partition coefficient (Wildman–Crippen LogP) is 1.89. The van der Waals surface area contributed by atoms with Gasteiger partial charge in [0.1, 0.15) is 0 Å². The molecule has 0 spiro atoms. The molecule has 1 saturated heterocycles. The van der Waals surface area contributed by atoms with Crippen LogP contribution < -0.4 is 5.32 Å². The summed E-state index contributed by atoms with van der Waals surface area (Å²) in [5.41, 5.74) is 0. The van der Waals surface area contributed by atoms with Crippen LogP contribution in [0.25, 0.3) is 0 Å². The van der Waals surface area contributed by atoms with Crippen LogP contribution in [-0.2, 0) is 9.47 Å². The van der Waals surface area contributed by atoms with Crippen molar-refractivity contribution in [2.45, 2.75) is 57.7 Å². The van der Waals surface area contributed by atoms with Gasteiger partial charge in [0.05, 0.1) is 12.7 Å². The molecule has 0 aromatic heterocycles. The Kier molecular flexibility index (Phi) is 6.75. The van der Waals surface area contributed by atoms with Crippen LogP contribution >= 0.6 is 0 Å². The molecule has 3 atom stereocenters. The van der Waals surface area contributed by atoms with Crippen LogP contribution in [0.5, 0.6) is 0 Å². The molecule has 2 aliphatic rings. The highest BCUT2D eigenvalue weighted by atomic mass is 16.5. The van der Waals surface area contributed by atoms with Crippen LogP contribution in [0.4, 0.5) is 0 Å². The minimum absolute atomic E-state index is 0.440. The van der Waals surface area contributed by atoms with Gasteiger partial charge in [-0.15, -0.1) is 0 Å². The Bertz CT molecular complexity index is 265. The zero-order chi connectivity index (χ0) is 14.4. The van der Waals surface area contributed by atoms with E-state index in [9.17, 15) is 0 Å². The molecule has 4 nitrogen and oxygen atoms in total. The molecule has 1 heterocycles. The summed E-state index contributed by atoms with van der Waals surface area (Å²) in [5, 5.41) is 3.59. The number of nitrogens with one attached hydrogen (secondary N) is 1. The van der Waals surface area contributed by atoms with Gasteiger partial charge in [0.15, 0.2) is 0 Å². The van der Waals surface area contributed by atoms with Crippen molar-refractivity contribution in [2.24, 2.45) is 5.92 Å². The quantitative estimate of drug-likeness (QED) is 0.664. The molecule has 1 saturated carbocycles. The highest BCUT2D eigenvalue weighted by Crippen LogP contribution is 2.35. The van der Waals surface area contributed by atoms with Crippen molar-refractivity contribution in [3.8, 4) is 0 Å². The summed E-state index contributed by atoms with van der Waals surface area (Å²) in [7, 11) is 1.79. The van der Waals surface area contributed by atoms with Crippen LogP contribution in [0.15, 0.2) is 0 Å². The number of rotatable bonds is 10. The monoisotopic (exact) mass is 284 g/mol. The Balaban J connectivity index is 1.71. The Labute approximate surface area is 124 Å². The van der Waals surface area contributed by atoms with Gasteiger partial charge in [-0.3, -0.25) is 4.90 Å². The average Bonchev–Trinajstić information content (AvgIpc) is 3.17. The van der Waals surface area contributed by atoms with Crippen molar-refractivity contribution in [1.82, 2.24) is 10.2 Å². The predicted molar refractivity (Wildman–Crippen MR) is 82.1 cm³/mol. The fraction of sp³-hybridized carbons (Fsp3) is 1.00. The van der Waals surface area contributed by atoms with Crippen molar-refractivity contribution >= 4 is 0 Å². The Morgan fingerprint density at radius 2 is 2.10 bits per heavy atom. The summed E-state index contributed by atoms with van der Waals surface area (Å²) in [4.78, 5) is 2.61. The Morgan fingerprint density at radius 3 is 2.70 bits per heavy atom. The van der Waals surface area contributed by atoms with Gasteiger partial charge in [-0.2, -0.15) is 0 Å². The highest BCUT2D eigenvalue weighted by molar-refractivity contribution is 4.88. The average molecular weight is 284 g/mol. The number of ether oxygens (including phenoxy) is 2. The third kappa shape index (κ3) is 4.99. The van der Waals surface area contributed by atoms with Gasteiger partial charge in [-0.1, -0.05) is 0 Å². The van der Waals surface area contributed by atoms with E-state index >= 15 is 0 Å². The first-order valence-electron chi connectivity index (χ1n) is 8.29. The Hall–Kier alpha value is -0.160. The lowest BCUT2D eigenvalue weighted by Crippen LogP contribution is -2.48. The molecule has 0 amide bonds. The Morgan fingerprint density at radius 1 is 1.30 bits per heavy atom. The topological polar surface area (TPSA) is 33.7 Å². The maximum Gasteiger partial charge on any atom is 0.0700 e. The third-order valence-corrected chi connectivity index (χ3v) is 4.78. The fourth-order valence-electron chi connectivity index (χ4n) is 3.25. The lowest BCUT2D eigenvalue weighted by Gasteiger charge is -2.35. The second kappa shape index (κ2) is 8.32. The minimum atomic E-state index is 0.440. The van der Waals surface area contributed by atoms with Crippen molar-refractivity contribution in [3.63, 3.8) is 0 Å². The van der Waals surface area contributed by atoms with E-state index < -0.39 is 0 Å². The van der Waals surface area contributed by atoms with Gasteiger partial charge >= 0.3 is 0 Å². The summed E-state index contributed by atoms with van der Waals surface area (Å²) in [6.07, 6.45) is 5.69. The van der Waals surface area contributed by atoms with E-state index in [1.54, 1.807) is 7.11 Å². The SMILES string of the molecule is COCCN(C(C)CNCC1CCCO1)C(C)C1CC1. The van der Waals surface area contributed by atoms with E-state index in [1.807, 2.05) is 0 Å². The summed E-state index contributed by atoms with van der Waals surface area (Å²) >= 11 is 0. The minimum Gasteiger partial charge on any atom is -0.383 e. The number of hydrogen-bond donors (Lipinski definition) is 1. The third-order valence-electron chi connectivity index (χ3n) is 4.78. The highest BCUT2D eigenvalue weighted by Gasteiger charge is 2.33. The van der Waals surface area contributed by atoms with Gasteiger partial charge in [-0.25, -0.2) is 0 Å². The summed E-state index contributed by atoms with van der Waals surface area (Å²) in [5.74, 6) is 0.910. The van der Waals surface area contributed by atoms with Gasteiger partial charge in [0.25, 0.3) is 0 Å². The lowest BCUT2D eigenvalue weighted by molar-refractivity contribution is 0.0808. The van der Waals surface area contributed by atoms with Gasteiger partial charge < -0.3 is 14.8 Å². The number of nitrogens with zero attached hydrogens (tertiary/aromatic N) is 1. The molecule has 2 rings (SSSR count). The normalized spacial score (nSPS) is 26.1. The first-order valence-corrected chi connectivity index (χ1v) is 8.29. The van der Waals surface area contributed by atoms with E-state index in [2.05, 4.69) is 24.1 Å². The molecule has 0 aromatic rings. The molecule has 1 aliphatic carbocycles. The smallest absolute Gasteiger partial charge is 0.0700 e. The second-order valence-electron chi connectivity index (χ2n) is 6.45. The molecular formula is C16H32N2O2. The van der Waals surface area contributed by atoms with Crippen molar-refractivity contribution in [3.05, 3.63) is 0 Å². The molecule has 0 radical (unpaired) electrons. The van der Waals surface area contributed by atoms with E-state index in [4.69, 9.17) is 9.47 Å². The molecule has 3 unspecified atom stereocenters. The largest absolute Gasteiger partial charge is 0.383 e. The zero-order valence-corrected chi connectivity index (χ0v) is 13.4. The van der Waals surface area contributed by atoms with Crippen molar-refractivity contribution in [2.75, 3.05) is 40.0 Å². The number of methoxy groups -OCH3 is 1. The zero-order valence-electron chi connectivity index (χ0n) is 13.4. The van der Waals surface area contributed by atoms with Crippen LogP contribution in [0.1, 0.15) is 39.5 Å². The van der Waals surface area contributed by atoms with Gasteiger partial charge in [0.2, 0.25) is 0 Å². The van der Waals surface area contributed by atoms with E-state index in [1.165, 1.54) is 25.7 Å². The van der Waals surface area contributed by atoms with Crippen LogP contribution in [0.3, 0.4) is 0 Å². The molecule has 1 N–H and O–H groups in total. The maximum atomic E-state index is 5.66. The van der Waals surface area contributed by atoms with Gasteiger partial charge in [-0.05, 0) is 45.4 Å². The first kappa shape index (κ1) is 16.2. The summed E-state index contributed by atoms with van der Waals surface area (Å²) in [6, 6.07) is 1.24. The molecule has 2 fully saturated rings. The fourth-order valence-corrected chi connectivity index (χ4v) is 3.25. The van der Waals surface area contributed by atoms with Gasteiger partial charge in [0, 0.05) is 45.4 Å². The summed E-state index contributed by atoms with van der Waals surface area (Å²) < 4.78 is 10.9. The van der Waals surface area contributed by atoms with E-state index in [-0.39, 0.29) is 0 Å². The van der Waals surface area contributed by atoms with Crippen molar-refractivity contribution in [1.29, 1.82) is 0 Å². The lowest BCUT2D eigenvalue weighted by atomic mass is 10.1. The number of hydrogen-bond acceptors (Lipinski definition) is 4. The van der Waals surface area contributed by atoms with Crippen LogP contribution in [0.2, 0.25) is 0 Å². The second-order valence-corrected chi connectivity index (χ2v) is 6.45. The van der Waals surface area contributed by atoms with E-state index in [0.29, 0.717) is 18.2 Å². The molecular weight excluding hydrogens is 252 g/mol. The first-order chi connectivity index (χ1) is 9.72. The molecule has 0 aromatic carbocycles. The van der Waals surface area contributed by atoms with Crippen molar-refractivity contribution < 1.29 is 9.47 Å². The molecule has 20 heavy (non-hydrogen) atoms. The van der Waals surface area contributed by atoms with Crippen LogP contribution in [0, 0.1) is 5.92 Å². The maximum absolute atomic E-state index is 5.66. The molecule has 118 valence electrons.